The average molecular weight is 462 g/mol. The van der Waals surface area contributed by atoms with Crippen LogP contribution in [0.3, 0.4) is 0 Å². The number of anilines is 1. The second kappa shape index (κ2) is 7.58. The molecule has 1 fully saturated rings. The third-order valence-electron chi connectivity index (χ3n) is 7.20. The van der Waals surface area contributed by atoms with E-state index in [4.69, 9.17) is 4.74 Å². The number of piperazine rings is 1. The third-order valence-corrected chi connectivity index (χ3v) is 7.20. The van der Waals surface area contributed by atoms with Crippen LogP contribution in [-0.4, -0.2) is 64.0 Å². The fourth-order valence-electron chi connectivity index (χ4n) is 5.41. The number of fused-ring (bicyclic) bond motifs is 5. The molecule has 0 bridgehead atoms. The molecule has 0 radical (unpaired) electrons. The Bertz CT molecular complexity index is 1640. The van der Waals surface area contributed by atoms with Crippen molar-refractivity contribution in [3.63, 3.8) is 0 Å². The molecule has 1 unspecified atom stereocenters. The zero-order valence-corrected chi connectivity index (χ0v) is 19.3. The molecule has 5 heterocycles. The van der Waals surface area contributed by atoms with Gasteiger partial charge in [0.2, 0.25) is 0 Å². The molecular formula is C27H23N7O. The van der Waals surface area contributed by atoms with Crippen molar-refractivity contribution in [2.45, 2.75) is 6.04 Å². The summed E-state index contributed by atoms with van der Waals surface area (Å²) in [4.78, 5) is 4.82. The van der Waals surface area contributed by atoms with Crippen LogP contribution >= 0.6 is 0 Å². The Balaban J connectivity index is 1.34. The molecule has 8 heteroatoms. The number of hydrogen-bond donors (Lipinski definition) is 1. The van der Waals surface area contributed by atoms with Gasteiger partial charge in [-0.25, -0.2) is 4.52 Å². The van der Waals surface area contributed by atoms with Gasteiger partial charge in [0.05, 0.1) is 40.6 Å². The van der Waals surface area contributed by atoms with Crippen LogP contribution in [0.5, 0.6) is 5.75 Å². The van der Waals surface area contributed by atoms with Crippen molar-refractivity contribution in [2.24, 2.45) is 0 Å². The monoisotopic (exact) mass is 461 g/mol. The summed E-state index contributed by atoms with van der Waals surface area (Å²) in [5.74, 6) is 0.899. The number of aromatic nitrogens is 4. The number of nitrogens with one attached hydrogen (secondary N) is 1. The van der Waals surface area contributed by atoms with E-state index in [0.29, 0.717) is 18.2 Å². The molecule has 5 aromatic rings. The van der Waals surface area contributed by atoms with Gasteiger partial charge in [-0.2, -0.15) is 15.5 Å². The Morgan fingerprint density at radius 1 is 1.11 bits per heavy atom. The van der Waals surface area contributed by atoms with Crippen LogP contribution in [0.1, 0.15) is 5.56 Å². The van der Waals surface area contributed by atoms with Gasteiger partial charge >= 0.3 is 0 Å². The summed E-state index contributed by atoms with van der Waals surface area (Å²) in [5.41, 5.74) is 7.11. The largest absolute Gasteiger partial charge is 0.489 e. The second-order valence-corrected chi connectivity index (χ2v) is 9.32. The predicted octanol–water partition coefficient (Wildman–Crippen LogP) is 3.93. The zero-order chi connectivity index (χ0) is 23.5. The number of benzene rings is 2. The van der Waals surface area contributed by atoms with Crippen molar-refractivity contribution in [1.29, 1.82) is 5.26 Å². The minimum atomic E-state index is 0.385. The lowest BCUT2D eigenvalue weighted by Crippen LogP contribution is -2.56. The van der Waals surface area contributed by atoms with Gasteiger partial charge in [0.15, 0.2) is 0 Å². The summed E-state index contributed by atoms with van der Waals surface area (Å²) in [7, 11) is 2.16. The second-order valence-electron chi connectivity index (χ2n) is 9.32. The molecule has 8 nitrogen and oxygen atoms in total. The number of ether oxygens (including phenoxy) is 1. The molecule has 2 aliphatic heterocycles. The van der Waals surface area contributed by atoms with E-state index in [1.165, 1.54) is 0 Å². The van der Waals surface area contributed by atoms with Gasteiger partial charge in [-0.3, -0.25) is 5.10 Å². The number of nitriles is 1. The highest BCUT2D eigenvalue weighted by Crippen LogP contribution is 2.40. The Morgan fingerprint density at radius 3 is 2.97 bits per heavy atom. The van der Waals surface area contributed by atoms with Crippen LogP contribution in [0, 0.1) is 11.3 Å². The summed E-state index contributed by atoms with van der Waals surface area (Å²) in [5, 5.41) is 23.1. The minimum absolute atomic E-state index is 0.385. The lowest BCUT2D eigenvalue weighted by Gasteiger charge is -2.44. The number of aromatic amines is 1. The summed E-state index contributed by atoms with van der Waals surface area (Å²) in [6.07, 6.45) is 3.72. The van der Waals surface area contributed by atoms with Gasteiger partial charge in [-0.15, -0.1) is 0 Å². The number of nitrogens with zero attached hydrogens (tertiary/aromatic N) is 6. The summed E-state index contributed by atoms with van der Waals surface area (Å²) >= 11 is 0. The standard InChI is InChI=1S/C27H23N7O/c1-32-8-9-33-19(15-32)16-35-26-11-17(5-6-25(26)33)27-21-12-20(18(13-28)10-23(21)30-31-27)22-14-29-34-7-3-2-4-24(22)34/h2-7,10-12,14,19H,8-9,15-16H2,1H3,(H,30,31). The topological polar surface area (TPSA) is 85.5 Å². The molecule has 0 spiro atoms. The van der Waals surface area contributed by atoms with E-state index in [1.807, 2.05) is 47.2 Å². The maximum absolute atomic E-state index is 9.88. The lowest BCUT2D eigenvalue weighted by molar-refractivity contribution is 0.188. The average Bonchev–Trinajstić information content (AvgIpc) is 3.51. The Hall–Kier alpha value is -4.35. The zero-order valence-electron chi connectivity index (χ0n) is 19.3. The molecule has 7 rings (SSSR count). The fourth-order valence-corrected chi connectivity index (χ4v) is 5.41. The first-order chi connectivity index (χ1) is 17.2. The van der Waals surface area contributed by atoms with Gasteiger partial charge in [-0.05, 0) is 43.4 Å². The predicted molar refractivity (Wildman–Crippen MR) is 135 cm³/mol. The van der Waals surface area contributed by atoms with Crippen molar-refractivity contribution in [3.05, 3.63) is 66.5 Å². The van der Waals surface area contributed by atoms with E-state index < -0.39 is 0 Å². The SMILES string of the molecule is CN1CCN2c3ccc(-c4n[nH]c5cc(C#N)c(-c6cnn7ccccc67)cc45)cc3OCC2C1. The maximum atomic E-state index is 9.88. The highest BCUT2D eigenvalue weighted by molar-refractivity contribution is 5.99. The highest BCUT2D eigenvalue weighted by atomic mass is 16.5. The number of pyridine rings is 1. The van der Waals surface area contributed by atoms with Crippen LogP contribution in [0.2, 0.25) is 0 Å². The van der Waals surface area contributed by atoms with Gasteiger partial charge in [0.25, 0.3) is 0 Å². The first kappa shape index (κ1) is 20.1. The van der Waals surface area contributed by atoms with Gasteiger partial charge in [0, 0.05) is 47.9 Å². The van der Waals surface area contributed by atoms with Gasteiger partial charge < -0.3 is 14.5 Å². The van der Waals surface area contributed by atoms with Gasteiger partial charge in [-0.1, -0.05) is 12.1 Å². The molecule has 0 saturated carbocycles. The molecule has 2 aliphatic rings. The Morgan fingerprint density at radius 2 is 2.06 bits per heavy atom. The summed E-state index contributed by atoms with van der Waals surface area (Å²) in [6, 6.07) is 18.9. The number of likely N-dealkylation sites (N-methyl/N-ethyl adjacent to an activating group) is 1. The smallest absolute Gasteiger partial charge is 0.143 e. The van der Waals surface area contributed by atoms with Crippen LogP contribution < -0.4 is 9.64 Å². The van der Waals surface area contributed by atoms with Crippen LogP contribution in [0.25, 0.3) is 38.8 Å². The van der Waals surface area contributed by atoms with E-state index in [-0.39, 0.29) is 0 Å². The van der Waals surface area contributed by atoms with E-state index in [9.17, 15) is 5.26 Å². The maximum Gasteiger partial charge on any atom is 0.143 e. The van der Waals surface area contributed by atoms with Crippen LogP contribution in [-0.2, 0) is 0 Å². The van der Waals surface area contributed by atoms with E-state index in [0.717, 1.165) is 69.9 Å². The van der Waals surface area contributed by atoms with Crippen molar-refractivity contribution in [2.75, 3.05) is 38.2 Å². The van der Waals surface area contributed by atoms with Crippen LogP contribution in [0.4, 0.5) is 5.69 Å². The molecule has 1 saturated heterocycles. The third kappa shape index (κ3) is 3.09. The molecule has 1 atom stereocenters. The van der Waals surface area contributed by atoms with Crippen LogP contribution in [0.15, 0.2) is 60.9 Å². The normalized spacial score (nSPS) is 17.7. The molecule has 3 aromatic heterocycles. The molecule has 0 aliphatic carbocycles. The fraction of sp³-hybridized carbons (Fsp3) is 0.222. The van der Waals surface area contributed by atoms with Crippen molar-refractivity contribution in [3.8, 4) is 34.2 Å². The minimum Gasteiger partial charge on any atom is -0.489 e. The first-order valence-corrected chi connectivity index (χ1v) is 11.8. The van der Waals surface area contributed by atoms with E-state index >= 15 is 0 Å². The first-order valence-electron chi connectivity index (χ1n) is 11.8. The van der Waals surface area contributed by atoms with E-state index in [1.54, 1.807) is 0 Å². The highest BCUT2D eigenvalue weighted by Gasteiger charge is 2.32. The molecule has 0 amide bonds. The van der Waals surface area contributed by atoms with Crippen molar-refractivity contribution in [1.82, 2.24) is 24.7 Å². The summed E-state index contributed by atoms with van der Waals surface area (Å²) < 4.78 is 8.02. The Kier molecular flexibility index (Phi) is 4.35. The number of rotatable bonds is 2. The molecule has 172 valence electrons. The molecule has 2 aromatic carbocycles. The lowest BCUT2D eigenvalue weighted by atomic mass is 9.97. The molecule has 35 heavy (non-hydrogen) atoms. The van der Waals surface area contributed by atoms with Crippen molar-refractivity contribution < 1.29 is 4.74 Å². The number of H-pyrrole nitrogens is 1. The number of hydrogen-bond acceptors (Lipinski definition) is 6. The quantitative estimate of drug-likeness (QED) is 0.429. The Labute approximate surface area is 201 Å². The van der Waals surface area contributed by atoms with E-state index in [2.05, 4.69) is 56.4 Å². The summed E-state index contributed by atoms with van der Waals surface area (Å²) in [6.45, 7) is 3.75. The molecular weight excluding hydrogens is 438 g/mol. The van der Waals surface area contributed by atoms with Crippen molar-refractivity contribution >= 4 is 22.1 Å². The van der Waals surface area contributed by atoms with Gasteiger partial charge in [0.1, 0.15) is 18.1 Å². The molecule has 1 N–H and O–H groups in total.